The number of aromatic nitrogens is 1. The molecule has 0 radical (unpaired) electrons. The summed E-state index contributed by atoms with van der Waals surface area (Å²) in [5, 5.41) is 5.76. The number of benzene rings is 1. The summed E-state index contributed by atoms with van der Waals surface area (Å²) < 4.78 is 5.59. The van der Waals surface area contributed by atoms with E-state index in [1.165, 1.54) is 11.3 Å². The van der Waals surface area contributed by atoms with E-state index in [9.17, 15) is 4.79 Å². The minimum atomic E-state index is -0.171. The molecule has 6 heteroatoms. The van der Waals surface area contributed by atoms with Crippen molar-refractivity contribution in [3.63, 3.8) is 0 Å². The van der Waals surface area contributed by atoms with Crippen molar-refractivity contribution < 1.29 is 9.53 Å². The van der Waals surface area contributed by atoms with Crippen molar-refractivity contribution in [2.24, 2.45) is 0 Å². The highest BCUT2D eigenvalue weighted by molar-refractivity contribution is 7.22. The second-order valence-corrected chi connectivity index (χ2v) is 6.87. The number of anilines is 1. The Bertz CT molecular complexity index is 810. The molecule has 0 aliphatic heterocycles. The molecule has 0 atom stereocenters. The predicted molar refractivity (Wildman–Crippen MR) is 95.7 cm³/mol. The van der Waals surface area contributed by atoms with Crippen LogP contribution in [0.3, 0.4) is 0 Å². The Morgan fingerprint density at radius 1 is 1.35 bits per heavy atom. The number of rotatable bonds is 5. The smallest absolute Gasteiger partial charge is 0.267 e. The molecule has 4 nitrogen and oxygen atoms in total. The van der Waals surface area contributed by atoms with Gasteiger partial charge in [0.05, 0.1) is 23.4 Å². The zero-order chi connectivity index (χ0) is 16.2. The van der Waals surface area contributed by atoms with Crippen LogP contribution in [0.15, 0.2) is 41.9 Å². The van der Waals surface area contributed by atoms with Crippen LogP contribution in [0.1, 0.15) is 22.2 Å². The van der Waals surface area contributed by atoms with E-state index < -0.39 is 0 Å². The maximum Gasteiger partial charge on any atom is 0.267 e. The molecule has 3 aromatic rings. The average Bonchev–Trinajstić information content (AvgIpc) is 3.20. The molecule has 0 aliphatic rings. The Labute approximate surface area is 142 Å². The van der Waals surface area contributed by atoms with Crippen molar-refractivity contribution in [2.75, 3.05) is 11.9 Å². The molecule has 0 unspecified atom stereocenters. The molecule has 0 spiro atoms. The van der Waals surface area contributed by atoms with Gasteiger partial charge >= 0.3 is 0 Å². The van der Waals surface area contributed by atoms with Gasteiger partial charge in [0.15, 0.2) is 0 Å². The first kappa shape index (κ1) is 15.7. The lowest BCUT2D eigenvalue weighted by Gasteiger charge is -2.11. The summed E-state index contributed by atoms with van der Waals surface area (Å²) in [6, 6.07) is 9.70. The standard InChI is InChI=1S/C17H16N2O2S2/c1-3-21-13-9-11(2)6-7-12(13)19-16(20)15-10-18-17(23-15)14-5-4-8-22-14/h4-10H,3H2,1-2H3,(H,19,20). The van der Waals surface area contributed by atoms with E-state index in [-0.39, 0.29) is 5.91 Å². The lowest BCUT2D eigenvalue weighted by Crippen LogP contribution is -2.11. The zero-order valence-electron chi connectivity index (χ0n) is 12.8. The van der Waals surface area contributed by atoms with Crippen molar-refractivity contribution in [3.05, 3.63) is 52.3 Å². The van der Waals surface area contributed by atoms with Crippen LogP contribution in [0, 0.1) is 6.92 Å². The highest BCUT2D eigenvalue weighted by Crippen LogP contribution is 2.30. The third-order valence-corrected chi connectivity index (χ3v) is 5.18. The summed E-state index contributed by atoms with van der Waals surface area (Å²) in [7, 11) is 0. The van der Waals surface area contributed by atoms with Crippen molar-refractivity contribution in [1.82, 2.24) is 4.98 Å². The maximum absolute atomic E-state index is 12.4. The van der Waals surface area contributed by atoms with Crippen LogP contribution in [-0.2, 0) is 0 Å². The molecular formula is C17H16N2O2S2. The van der Waals surface area contributed by atoms with Crippen molar-refractivity contribution in [2.45, 2.75) is 13.8 Å². The van der Waals surface area contributed by atoms with E-state index in [0.717, 1.165) is 15.4 Å². The molecular weight excluding hydrogens is 328 g/mol. The molecule has 2 heterocycles. The number of thiazole rings is 1. The normalized spacial score (nSPS) is 10.5. The van der Waals surface area contributed by atoms with Gasteiger partial charge in [-0.15, -0.1) is 22.7 Å². The zero-order valence-corrected chi connectivity index (χ0v) is 14.5. The number of nitrogens with zero attached hydrogens (tertiary/aromatic N) is 1. The van der Waals surface area contributed by atoms with Gasteiger partial charge in [-0.05, 0) is 43.0 Å². The average molecular weight is 344 g/mol. The van der Waals surface area contributed by atoms with Crippen LogP contribution in [0.2, 0.25) is 0 Å². The molecule has 1 N–H and O–H groups in total. The molecule has 1 aromatic carbocycles. The highest BCUT2D eigenvalue weighted by atomic mass is 32.1. The summed E-state index contributed by atoms with van der Waals surface area (Å²) in [6.07, 6.45) is 1.61. The van der Waals surface area contributed by atoms with E-state index >= 15 is 0 Å². The SMILES string of the molecule is CCOc1cc(C)ccc1NC(=O)c1cnc(-c2cccs2)s1. The second-order valence-electron chi connectivity index (χ2n) is 4.89. The summed E-state index contributed by atoms with van der Waals surface area (Å²) in [6.45, 7) is 4.46. The van der Waals surface area contributed by atoms with Crippen molar-refractivity contribution in [1.29, 1.82) is 0 Å². The fourth-order valence-electron chi connectivity index (χ4n) is 2.08. The third kappa shape index (κ3) is 3.60. The van der Waals surface area contributed by atoms with Gasteiger partial charge < -0.3 is 10.1 Å². The fraction of sp³-hybridized carbons (Fsp3) is 0.176. The number of carbonyl (C=O) groups excluding carboxylic acids is 1. The third-order valence-electron chi connectivity index (χ3n) is 3.15. The lowest BCUT2D eigenvalue weighted by atomic mass is 10.2. The molecule has 0 saturated heterocycles. The van der Waals surface area contributed by atoms with E-state index in [1.807, 2.05) is 49.6 Å². The Balaban J connectivity index is 1.80. The number of aryl methyl sites for hydroxylation is 1. The number of amides is 1. The second kappa shape index (κ2) is 6.93. The minimum absolute atomic E-state index is 0.171. The van der Waals surface area contributed by atoms with Crippen LogP contribution >= 0.6 is 22.7 Å². The van der Waals surface area contributed by atoms with Crippen LogP contribution < -0.4 is 10.1 Å². The Morgan fingerprint density at radius 2 is 2.22 bits per heavy atom. The summed E-state index contributed by atoms with van der Waals surface area (Å²) >= 11 is 3.00. The van der Waals surface area contributed by atoms with Gasteiger partial charge in [-0.25, -0.2) is 4.98 Å². The molecule has 0 fully saturated rings. The van der Waals surface area contributed by atoms with E-state index in [2.05, 4.69) is 10.3 Å². The first-order valence-electron chi connectivity index (χ1n) is 7.22. The molecule has 3 rings (SSSR count). The van der Waals surface area contributed by atoms with E-state index in [1.54, 1.807) is 17.5 Å². The van der Waals surface area contributed by atoms with E-state index in [4.69, 9.17) is 4.74 Å². The van der Waals surface area contributed by atoms with Gasteiger partial charge in [-0.2, -0.15) is 0 Å². The summed E-state index contributed by atoms with van der Waals surface area (Å²) in [4.78, 5) is 18.4. The van der Waals surface area contributed by atoms with Gasteiger partial charge in [-0.3, -0.25) is 4.79 Å². The van der Waals surface area contributed by atoms with E-state index in [0.29, 0.717) is 22.9 Å². The number of ether oxygens (including phenoxy) is 1. The Hall–Kier alpha value is -2.18. The van der Waals surface area contributed by atoms with Gasteiger partial charge in [0, 0.05) is 0 Å². The number of hydrogen-bond donors (Lipinski definition) is 1. The lowest BCUT2D eigenvalue weighted by molar-refractivity contribution is 0.103. The molecule has 2 aromatic heterocycles. The number of nitrogens with one attached hydrogen (secondary N) is 1. The quantitative estimate of drug-likeness (QED) is 0.721. The van der Waals surface area contributed by atoms with Gasteiger partial charge in [0.2, 0.25) is 0 Å². The van der Waals surface area contributed by atoms with Crippen molar-refractivity contribution >= 4 is 34.3 Å². The van der Waals surface area contributed by atoms with Crippen molar-refractivity contribution in [3.8, 4) is 15.6 Å². The van der Waals surface area contributed by atoms with Gasteiger partial charge in [0.25, 0.3) is 5.91 Å². The van der Waals surface area contributed by atoms with Gasteiger partial charge in [0.1, 0.15) is 15.6 Å². The molecule has 0 aliphatic carbocycles. The Morgan fingerprint density at radius 3 is 2.96 bits per heavy atom. The molecule has 118 valence electrons. The minimum Gasteiger partial charge on any atom is -0.492 e. The first-order chi connectivity index (χ1) is 11.2. The molecule has 0 bridgehead atoms. The topological polar surface area (TPSA) is 51.2 Å². The molecule has 0 saturated carbocycles. The highest BCUT2D eigenvalue weighted by Gasteiger charge is 2.14. The fourth-order valence-corrected chi connectivity index (χ4v) is 3.70. The van der Waals surface area contributed by atoms with Crippen LogP contribution in [-0.4, -0.2) is 17.5 Å². The largest absolute Gasteiger partial charge is 0.492 e. The van der Waals surface area contributed by atoms with Crippen LogP contribution in [0.25, 0.3) is 9.88 Å². The number of thiophene rings is 1. The monoisotopic (exact) mass is 344 g/mol. The van der Waals surface area contributed by atoms with Crippen LogP contribution in [0.4, 0.5) is 5.69 Å². The van der Waals surface area contributed by atoms with Gasteiger partial charge in [-0.1, -0.05) is 12.1 Å². The predicted octanol–water partition coefficient (Wildman–Crippen LogP) is 4.83. The molecule has 1 amide bonds. The number of carbonyl (C=O) groups is 1. The Kier molecular flexibility index (Phi) is 4.73. The summed E-state index contributed by atoms with van der Waals surface area (Å²) in [5.41, 5.74) is 1.76. The maximum atomic E-state index is 12.4. The first-order valence-corrected chi connectivity index (χ1v) is 8.91. The molecule has 23 heavy (non-hydrogen) atoms. The summed E-state index contributed by atoms with van der Waals surface area (Å²) in [5.74, 6) is 0.513. The number of hydrogen-bond acceptors (Lipinski definition) is 5. The van der Waals surface area contributed by atoms with Crippen LogP contribution in [0.5, 0.6) is 5.75 Å².